The van der Waals surface area contributed by atoms with Crippen LogP contribution in [-0.4, -0.2) is 24.6 Å². The molecule has 2 aromatic heterocycles. The highest BCUT2D eigenvalue weighted by molar-refractivity contribution is 9.11. The molecule has 2 aromatic rings. The smallest absolute Gasteiger partial charge is 0.180 e. The summed E-state index contributed by atoms with van der Waals surface area (Å²) >= 11 is 4.78. The van der Waals surface area contributed by atoms with Crippen molar-refractivity contribution in [1.82, 2.24) is 9.97 Å². The number of nitrogens with two attached hydrogens (primary N) is 1. The van der Waals surface area contributed by atoms with Gasteiger partial charge in [-0.15, -0.1) is 11.3 Å². The fourth-order valence-electron chi connectivity index (χ4n) is 1.22. The van der Waals surface area contributed by atoms with Gasteiger partial charge in [0, 0.05) is 6.26 Å². The summed E-state index contributed by atoms with van der Waals surface area (Å²) in [6.07, 6.45) is 2.31. The van der Waals surface area contributed by atoms with Gasteiger partial charge in [0.25, 0.3) is 0 Å². The Morgan fingerprint density at radius 1 is 1.41 bits per heavy atom. The van der Waals surface area contributed by atoms with Crippen LogP contribution in [0.2, 0.25) is 0 Å². The Hall–Kier alpha value is -0.990. The third-order valence-corrected chi connectivity index (χ3v) is 4.71. The van der Waals surface area contributed by atoms with Gasteiger partial charge in [0.15, 0.2) is 15.7 Å². The zero-order chi connectivity index (χ0) is 12.6. The van der Waals surface area contributed by atoms with E-state index < -0.39 is 9.84 Å². The lowest BCUT2D eigenvalue weighted by molar-refractivity contribution is 0.601. The number of hydrogen-bond donors (Lipinski definition) is 1. The minimum Gasteiger partial charge on any atom is -0.382 e. The van der Waals surface area contributed by atoms with Crippen LogP contribution in [0.15, 0.2) is 27.0 Å². The van der Waals surface area contributed by atoms with Crippen LogP contribution in [0, 0.1) is 0 Å². The van der Waals surface area contributed by atoms with Crippen molar-refractivity contribution in [3.63, 3.8) is 0 Å². The number of nitrogens with zero attached hydrogens (tertiary/aromatic N) is 2. The molecule has 0 unspecified atom stereocenters. The second-order valence-electron chi connectivity index (χ2n) is 3.32. The number of nitrogen functional groups attached to an aromatic ring is 1. The normalized spacial score (nSPS) is 11.6. The average Bonchev–Trinajstić information content (AvgIpc) is 2.62. The highest BCUT2D eigenvalue weighted by Crippen LogP contribution is 2.30. The van der Waals surface area contributed by atoms with E-state index >= 15 is 0 Å². The summed E-state index contributed by atoms with van der Waals surface area (Å²) in [7, 11) is -3.38. The molecule has 0 amide bonds. The fraction of sp³-hybridized carbons (Fsp3) is 0.111. The topological polar surface area (TPSA) is 85.9 Å². The molecule has 0 spiro atoms. The van der Waals surface area contributed by atoms with Crippen LogP contribution >= 0.6 is 27.3 Å². The van der Waals surface area contributed by atoms with Gasteiger partial charge in [-0.05, 0) is 28.1 Å². The Balaban J connectivity index is 2.52. The first kappa shape index (κ1) is 12.5. The van der Waals surface area contributed by atoms with Crippen molar-refractivity contribution in [3.05, 3.63) is 22.1 Å². The molecule has 2 heterocycles. The predicted molar refractivity (Wildman–Crippen MR) is 70.6 cm³/mol. The van der Waals surface area contributed by atoms with Crippen molar-refractivity contribution < 1.29 is 8.42 Å². The second-order valence-corrected chi connectivity index (χ2v) is 7.77. The van der Waals surface area contributed by atoms with Crippen LogP contribution in [-0.2, 0) is 9.84 Å². The molecule has 8 heteroatoms. The summed E-state index contributed by atoms with van der Waals surface area (Å²) in [5, 5.41) is 0. The first-order chi connectivity index (χ1) is 7.88. The van der Waals surface area contributed by atoms with E-state index in [1.807, 2.05) is 12.1 Å². The largest absolute Gasteiger partial charge is 0.382 e. The van der Waals surface area contributed by atoms with E-state index in [4.69, 9.17) is 5.73 Å². The molecule has 0 aliphatic rings. The van der Waals surface area contributed by atoms with E-state index in [9.17, 15) is 8.42 Å². The van der Waals surface area contributed by atoms with Gasteiger partial charge in [0.05, 0.1) is 14.9 Å². The summed E-state index contributed by atoms with van der Waals surface area (Å²) in [5.41, 5.74) is 5.61. The first-order valence-corrected chi connectivity index (χ1v) is 7.96. The third-order valence-electron chi connectivity index (χ3n) is 1.98. The van der Waals surface area contributed by atoms with Crippen molar-refractivity contribution in [2.45, 2.75) is 4.90 Å². The van der Waals surface area contributed by atoms with Crippen LogP contribution in [0.3, 0.4) is 0 Å². The number of hydrogen-bond acceptors (Lipinski definition) is 6. The lowest BCUT2D eigenvalue weighted by Crippen LogP contribution is -2.06. The van der Waals surface area contributed by atoms with E-state index in [0.717, 1.165) is 14.9 Å². The number of sulfone groups is 1. The van der Waals surface area contributed by atoms with E-state index in [2.05, 4.69) is 25.9 Å². The molecular weight excluding hydrogens is 326 g/mol. The molecule has 2 N–H and O–H groups in total. The molecule has 0 fully saturated rings. The molecule has 90 valence electrons. The molecule has 0 radical (unpaired) electrons. The van der Waals surface area contributed by atoms with Crippen molar-refractivity contribution >= 4 is 42.9 Å². The van der Waals surface area contributed by atoms with Gasteiger partial charge in [-0.25, -0.2) is 18.4 Å². The Kier molecular flexibility index (Phi) is 3.19. The summed E-state index contributed by atoms with van der Waals surface area (Å²) in [6, 6.07) is 3.70. The lowest BCUT2D eigenvalue weighted by atomic mass is 10.4. The molecule has 5 nitrogen and oxygen atoms in total. The van der Waals surface area contributed by atoms with E-state index in [-0.39, 0.29) is 10.7 Å². The number of anilines is 1. The van der Waals surface area contributed by atoms with Crippen LogP contribution in [0.5, 0.6) is 0 Å². The second kappa shape index (κ2) is 4.35. The lowest BCUT2D eigenvalue weighted by Gasteiger charge is -2.03. The molecule has 0 aliphatic heterocycles. The number of halogens is 1. The molecule has 0 atom stereocenters. The van der Waals surface area contributed by atoms with Crippen molar-refractivity contribution in [1.29, 1.82) is 0 Å². The minimum atomic E-state index is -3.38. The monoisotopic (exact) mass is 333 g/mol. The van der Waals surface area contributed by atoms with Gasteiger partial charge in [-0.1, -0.05) is 0 Å². The average molecular weight is 334 g/mol. The Morgan fingerprint density at radius 2 is 2.12 bits per heavy atom. The van der Waals surface area contributed by atoms with Crippen molar-refractivity contribution in [2.24, 2.45) is 0 Å². The van der Waals surface area contributed by atoms with Crippen molar-refractivity contribution in [2.75, 3.05) is 12.0 Å². The van der Waals surface area contributed by atoms with Crippen LogP contribution in [0.4, 0.5) is 5.82 Å². The first-order valence-electron chi connectivity index (χ1n) is 4.46. The molecular formula is C9H8BrN3O2S2. The van der Waals surface area contributed by atoms with E-state index in [1.165, 1.54) is 17.5 Å². The van der Waals surface area contributed by atoms with Gasteiger partial charge in [-0.3, -0.25) is 0 Å². The third kappa shape index (κ3) is 2.64. The van der Waals surface area contributed by atoms with Crippen LogP contribution < -0.4 is 5.73 Å². The number of aromatic nitrogens is 2. The summed E-state index contributed by atoms with van der Waals surface area (Å²) < 4.78 is 23.6. The predicted octanol–water partition coefficient (Wildman–Crippen LogP) is 1.95. The van der Waals surface area contributed by atoms with E-state index in [1.54, 1.807) is 0 Å². The standard InChI is InChI=1S/C9H8BrN3O2S2/c1-17(14,15)6-4-12-9(13-8(6)11)5-2-3-7(10)16-5/h2-4H,1H3,(H2,11,12,13). The summed E-state index contributed by atoms with van der Waals surface area (Å²) in [6.45, 7) is 0. The molecule has 0 aliphatic carbocycles. The van der Waals surface area contributed by atoms with Gasteiger partial charge in [0.2, 0.25) is 0 Å². The minimum absolute atomic E-state index is 0.0259. The van der Waals surface area contributed by atoms with Crippen LogP contribution in [0.25, 0.3) is 10.7 Å². The summed E-state index contributed by atoms with van der Waals surface area (Å²) in [5.74, 6) is 0.396. The van der Waals surface area contributed by atoms with Gasteiger partial charge < -0.3 is 5.73 Å². The highest BCUT2D eigenvalue weighted by atomic mass is 79.9. The Labute approximate surface area is 111 Å². The molecule has 0 saturated carbocycles. The maximum atomic E-state index is 11.3. The quantitative estimate of drug-likeness (QED) is 0.907. The maximum Gasteiger partial charge on any atom is 0.180 e. The summed E-state index contributed by atoms with van der Waals surface area (Å²) in [4.78, 5) is 8.79. The number of thiophene rings is 1. The van der Waals surface area contributed by atoms with Crippen LogP contribution in [0.1, 0.15) is 0 Å². The number of rotatable bonds is 2. The molecule has 0 saturated heterocycles. The van der Waals surface area contributed by atoms with Gasteiger partial charge >= 0.3 is 0 Å². The maximum absolute atomic E-state index is 11.3. The Bertz CT molecular complexity index is 667. The molecule has 2 rings (SSSR count). The molecule has 0 bridgehead atoms. The fourth-order valence-corrected chi connectivity index (χ4v) is 3.22. The van der Waals surface area contributed by atoms with E-state index in [0.29, 0.717) is 5.82 Å². The van der Waals surface area contributed by atoms with Crippen molar-refractivity contribution in [3.8, 4) is 10.7 Å². The molecule has 0 aromatic carbocycles. The Morgan fingerprint density at radius 3 is 2.59 bits per heavy atom. The highest BCUT2D eigenvalue weighted by Gasteiger charge is 2.15. The molecule has 17 heavy (non-hydrogen) atoms. The van der Waals surface area contributed by atoms with Gasteiger partial charge in [0.1, 0.15) is 10.7 Å². The zero-order valence-corrected chi connectivity index (χ0v) is 11.9. The zero-order valence-electron chi connectivity index (χ0n) is 8.71. The van der Waals surface area contributed by atoms with Gasteiger partial charge in [-0.2, -0.15) is 0 Å². The SMILES string of the molecule is CS(=O)(=O)c1cnc(-c2ccc(Br)s2)nc1N.